The molecule has 0 bridgehead atoms. The van der Waals surface area contributed by atoms with Gasteiger partial charge in [0.15, 0.2) is 6.29 Å². The summed E-state index contributed by atoms with van der Waals surface area (Å²) >= 11 is 0. The largest absolute Gasteiger partial charge is 0.394 e. The second kappa shape index (κ2) is 8.32. The highest BCUT2D eigenvalue weighted by molar-refractivity contribution is 4.94. The Morgan fingerprint density at radius 3 is 1.62 bits per heavy atom. The molecule has 10 atom stereocenters. The predicted octanol–water partition coefficient (Wildman–Crippen LogP) is -3.94. The van der Waals surface area contributed by atoms with Crippen molar-refractivity contribution in [3.8, 4) is 0 Å². The van der Waals surface area contributed by atoms with Crippen LogP contribution in [0.25, 0.3) is 0 Å². The highest BCUT2D eigenvalue weighted by Gasteiger charge is 2.46. The third-order valence-corrected chi connectivity index (χ3v) is 4.63. The second-order valence-electron chi connectivity index (χ2n) is 6.20. The van der Waals surface area contributed by atoms with E-state index >= 15 is 0 Å². The van der Waals surface area contributed by atoms with Gasteiger partial charge in [-0.2, -0.15) is 0 Å². The molecule has 0 saturated carbocycles. The van der Waals surface area contributed by atoms with Crippen molar-refractivity contribution in [2.45, 2.75) is 74.1 Å². The molecule has 10 heteroatoms. The molecule has 0 spiro atoms. The van der Waals surface area contributed by atoms with Crippen LogP contribution in [-0.2, 0) is 14.2 Å². The summed E-state index contributed by atoms with van der Waals surface area (Å²) in [4.78, 5) is 0. The number of ether oxygens (including phenoxy) is 3. The average molecular weight is 354 g/mol. The van der Waals surface area contributed by atoms with Gasteiger partial charge in [-0.3, -0.25) is 0 Å². The number of aliphatic hydroxyl groups is 7. The van der Waals surface area contributed by atoms with Gasteiger partial charge < -0.3 is 50.0 Å². The third-order valence-electron chi connectivity index (χ3n) is 4.63. The van der Waals surface area contributed by atoms with Gasteiger partial charge in [0, 0.05) is 7.11 Å². The zero-order valence-electron chi connectivity index (χ0n) is 13.3. The highest BCUT2D eigenvalue weighted by Crippen LogP contribution is 2.28. The number of rotatable bonds is 5. The summed E-state index contributed by atoms with van der Waals surface area (Å²) in [6.07, 6.45) is -12.2. The van der Waals surface area contributed by atoms with Gasteiger partial charge in [0.05, 0.1) is 18.8 Å². The minimum absolute atomic E-state index is 0.114. The van der Waals surface area contributed by atoms with Crippen molar-refractivity contribution in [2.75, 3.05) is 13.7 Å². The molecule has 142 valence electrons. The summed E-state index contributed by atoms with van der Waals surface area (Å²) < 4.78 is 15.6. The zero-order valence-corrected chi connectivity index (χ0v) is 13.3. The van der Waals surface area contributed by atoms with Crippen LogP contribution in [0.4, 0.5) is 0 Å². The molecule has 0 aromatic rings. The number of hydrogen-bond acceptors (Lipinski definition) is 10. The Morgan fingerprint density at radius 2 is 1.12 bits per heavy atom. The average Bonchev–Trinajstić information content (AvgIpc) is 2.58. The molecule has 7 N–H and O–H groups in total. The Bertz CT molecular complexity index is 356. The normalized spacial score (nSPS) is 50.0. The van der Waals surface area contributed by atoms with Gasteiger partial charge in [0.25, 0.3) is 0 Å². The van der Waals surface area contributed by atoms with E-state index in [4.69, 9.17) is 19.3 Å². The van der Waals surface area contributed by atoms with Crippen molar-refractivity contribution in [2.24, 2.45) is 0 Å². The lowest BCUT2D eigenvalue weighted by atomic mass is 9.90. The van der Waals surface area contributed by atoms with Crippen LogP contribution in [0.2, 0.25) is 0 Å². The maximum atomic E-state index is 9.99. The summed E-state index contributed by atoms with van der Waals surface area (Å²) in [6.45, 7) is -0.527. The van der Waals surface area contributed by atoms with E-state index in [1.165, 1.54) is 7.11 Å². The summed E-state index contributed by atoms with van der Waals surface area (Å²) in [6, 6.07) is 0. The Kier molecular flexibility index (Phi) is 6.90. The minimum atomic E-state index is -1.47. The molecule has 0 amide bonds. The van der Waals surface area contributed by atoms with E-state index in [0.29, 0.717) is 0 Å². The smallest absolute Gasteiger partial charge is 0.186 e. The van der Waals surface area contributed by atoms with E-state index in [1.54, 1.807) is 0 Å². The second-order valence-corrected chi connectivity index (χ2v) is 6.20. The van der Waals surface area contributed by atoms with E-state index in [9.17, 15) is 30.6 Å². The van der Waals surface area contributed by atoms with E-state index < -0.39 is 67.8 Å². The third kappa shape index (κ3) is 3.88. The van der Waals surface area contributed by atoms with Crippen molar-refractivity contribution >= 4 is 0 Å². The molecule has 2 saturated heterocycles. The van der Waals surface area contributed by atoms with E-state index in [2.05, 4.69) is 0 Å². The van der Waals surface area contributed by atoms with Gasteiger partial charge in [0.1, 0.15) is 42.7 Å². The van der Waals surface area contributed by atoms with Gasteiger partial charge >= 0.3 is 0 Å². The molecule has 2 aliphatic heterocycles. The van der Waals surface area contributed by atoms with Crippen molar-refractivity contribution in [3.63, 3.8) is 0 Å². The molecule has 0 unspecified atom stereocenters. The lowest BCUT2D eigenvalue weighted by Crippen LogP contribution is -2.60. The van der Waals surface area contributed by atoms with Gasteiger partial charge in [-0.1, -0.05) is 0 Å². The molecule has 24 heavy (non-hydrogen) atoms. The minimum Gasteiger partial charge on any atom is -0.394 e. The van der Waals surface area contributed by atoms with E-state index in [-0.39, 0.29) is 12.8 Å². The molecule has 2 aliphatic rings. The van der Waals surface area contributed by atoms with Crippen molar-refractivity contribution < 1.29 is 50.0 Å². The fraction of sp³-hybridized carbons (Fsp3) is 1.00. The molecule has 2 rings (SSSR count). The van der Waals surface area contributed by atoms with Gasteiger partial charge in [-0.25, -0.2) is 0 Å². The Balaban J connectivity index is 1.96. The maximum Gasteiger partial charge on any atom is 0.186 e. The molecular weight excluding hydrogens is 328 g/mol. The lowest BCUT2D eigenvalue weighted by molar-refractivity contribution is -0.293. The molecular formula is C14H26O10. The van der Waals surface area contributed by atoms with Crippen LogP contribution in [0.1, 0.15) is 12.8 Å². The first-order valence-electron chi connectivity index (χ1n) is 7.84. The number of aliphatic hydroxyl groups excluding tert-OH is 7. The first kappa shape index (κ1) is 19.9. The van der Waals surface area contributed by atoms with Gasteiger partial charge in [0.2, 0.25) is 0 Å². The Morgan fingerprint density at radius 1 is 0.667 bits per heavy atom. The number of hydrogen-bond donors (Lipinski definition) is 7. The molecule has 0 radical (unpaired) electrons. The maximum absolute atomic E-state index is 9.99. The van der Waals surface area contributed by atoms with Crippen LogP contribution in [0.15, 0.2) is 0 Å². The van der Waals surface area contributed by atoms with Crippen LogP contribution in [0, 0.1) is 0 Å². The Hall–Kier alpha value is -0.400. The highest BCUT2D eigenvalue weighted by atomic mass is 16.7. The first-order valence-corrected chi connectivity index (χ1v) is 7.84. The standard InChI is InChI=1S/C14H26O10/c1-22-14-13(21)12(20)9(17)6(24-14)3-2-5-8(16)11(19)10(18)7(4-15)23-5/h5-21H,2-4H2,1H3/t5-,6+,7+,8-,9+,10-,11+,12-,13+,14-/m0/s1. The first-order chi connectivity index (χ1) is 11.3. The van der Waals surface area contributed by atoms with E-state index in [1.807, 2.05) is 0 Å². The van der Waals surface area contributed by atoms with Crippen LogP contribution in [0.3, 0.4) is 0 Å². The van der Waals surface area contributed by atoms with Crippen molar-refractivity contribution in [1.29, 1.82) is 0 Å². The molecule has 10 nitrogen and oxygen atoms in total. The topological polar surface area (TPSA) is 169 Å². The monoisotopic (exact) mass is 354 g/mol. The fourth-order valence-corrected chi connectivity index (χ4v) is 3.10. The SMILES string of the molecule is CO[C@H]1O[C@H](CC[C@@H]2O[C@H](CO)[C@H](O)[C@H](O)[C@H]2O)[C@@H](O)[C@H](O)[C@H]1O. The molecule has 2 heterocycles. The van der Waals surface area contributed by atoms with Crippen LogP contribution in [0.5, 0.6) is 0 Å². The Labute approximate surface area is 138 Å². The zero-order chi connectivity index (χ0) is 18.0. The molecule has 2 fully saturated rings. The fourth-order valence-electron chi connectivity index (χ4n) is 3.10. The van der Waals surface area contributed by atoms with Gasteiger partial charge in [-0.15, -0.1) is 0 Å². The number of methoxy groups -OCH3 is 1. The summed E-state index contributed by atoms with van der Waals surface area (Å²) in [5, 5.41) is 68.1. The molecule has 0 aromatic heterocycles. The van der Waals surface area contributed by atoms with Crippen LogP contribution in [-0.4, -0.2) is 111 Å². The van der Waals surface area contributed by atoms with Crippen molar-refractivity contribution in [1.82, 2.24) is 0 Å². The molecule has 0 aliphatic carbocycles. The predicted molar refractivity (Wildman–Crippen MR) is 76.7 cm³/mol. The lowest BCUT2D eigenvalue weighted by Gasteiger charge is -2.42. The quantitative estimate of drug-likeness (QED) is 0.259. The van der Waals surface area contributed by atoms with Crippen molar-refractivity contribution in [3.05, 3.63) is 0 Å². The summed E-state index contributed by atoms with van der Waals surface area (Å²) in [7, 11) is 1.28. The van der Waals surface area contributed by atoms with Crippen LogP contribution < -0.4 is 0 Å². The van der Waals surface area contributed by atoms with Crippen LogP contribution >= 0.6 is 0 Å². The van der Waals surface area contributed by atoms with E-state index in [0.717, 1.165) is 0 Å². The van der Waals surface area contributed by atoms with Gasteiger partial charge in [-0.05, 0) is 12.8 Å². The summed E-state index contributed by atoms with van der Waals surface area (Å²) in [5.41, 5.74) is 0. The molecule has 0 aromatic carbocycles. The summed E-state index contributed by atoms with van der Waals surface area (Å²) in [5.74, 6) is 0.